The van der Waals surface area contributed by atoms with E-state index in [1.165, 1.54) is 18.0 Å². The lowest BCUT2D eigenvalue weighted by Gasteiger charge is -2.39. The minimum atomic E-state index is -0.318. The number of para-hydroxylation sites is 1. The largest absolute Gasteiger partial charge is 0.369 e. The van der Waals surface area contributed by atoms with Crippen LogP contribution in [0.1, 0.15) is 23.0 Å². The molecule has 2 heterocycles. The van der Waals surface area contributed by atoms with Crippen LogP contribution in [0.25, 0.3) is 0 Å². The van der Waals surface area contributed by atoms with E-state index in [1.54, 1.807) is 6.92 Å². The summed E-state index contributed by atoms with van der Waals surface area (Å²) < 4.78 is 0. The second kappa shape index (κ2) is 8.19. The zero-order valence-electron chi connectivity index (χ0n) is 15.4. The second-order valence-electron chi connectivity index (χ2n) is 6.81. The summed E-state index contributed by atoms with van der Waals surface area (Å²) in [5.41, 5.74) is 1.92. The van der Waals surface area contributed by atoms with Gasteiger partial charge in [-0.2, -0.15) is 0 Å². The summed E-state index contributed by atoms with van der Waals surface area (Å²) in [5.74, 6) is -0.318. The lowest BCUT2D eigenvalue weighted by molar-refractivity contribution is 0.0933. The molecule has 2 aromatic rings. The number of benzene rings is 1. The summed E-state index contributed by atoms with van der Waals surface area (Å²) in [6.07, 6.45) is 1.48. The first-order valence-corrected chi connectivity index (χ1v) is 9.06. The van der Waals surface area contributed by atoms with Gasteiger partial charge in [0.25, 0.3) is 5.91 Å². The summed E-state index contributed by atoms with van der Waals surface area (Å²) in [7, 11) is 0. The Bertz CT molecular complexity index is 795. The Kier molecular flexibility index (Phi) is 5.73. The molecule has 2 N–H and O–H groups in total. The number of H-pyrrole nitrogens is 1. The van der Waals surface area contributed by atoms with Gasteiger partial charge in [-0.3, -0.25) is 14.5 Å². The van der Waals surface area contributed by atoms with Gasteiger partial charge in [-0.1, -0.05) is 18.2 Å². The monoisotopic (exact) mass is 354 g/mol. The zero-order valence-corrected chi connectivity index (χ0v) is 15.4. The third kappa shape index (κ3) is 4.32. The summed E-state index contributed by atoms with van der Waals surface area (Å²) >= 11 is 0. The molecule has 0 bridgehead atoms. The van der Waals surface area contributed by atoms with E-state index in [-0.39, 0.29) is 22.9 Å². The average molecular weight is 354 g/mol. The van der Waals surface area contributed by atoms with Crippen LogP contribution >= 0.6 is 0 Å². The molecule has 0 radical (unpaired) electrons. The lowest BCUT2D eigenvalue weighted by atomic mass is 10.2. The molecule has 1 amide bonds. The first-order valence-electron chi connectivity index (χ1n) is 9.06. The standard InChI is InChI=1S/C20H26N4O2/c1-15-12-19(25)18(14-21-15)20(26)22-13-16(2)23-8-10-24(11-9-23)17-6-4-3-5-7-17/h3-7,12,14,16H,8-11,13H2,1-2H3,(H,21,25)(H,22,26)/t16-/m1/s1. The number of carbonyl (C=O) groups excluding carboxylic acids is 1. The molecule has 1 aliphatic heterocycles. The van der Waals surface area contributed by atoms with Crippen LogP contribution in [0.2, 0.25) is 0 Å². The number of aryl methyl sites for hydroxylation is 1. The molecule has 6 nitrogen and oxygen atoms in total. The smallest absolute Gasteiger partial charge is 0.256 e. The first kappa shape index (κ1) is 18.2. The number of nitrogens with one attached hydrogen (secondary N) is 2. The number of aromatic nitrogens is 1. The second-order valence-corrected chi connectivity index (χ2v) is 6.81. The number of aromatic amines is 1. The van der Waals surface area contributed by atoms with Crippen molar-refractivity contribution in [3.63, 3.8) is 0 Å². The van der Waals surface area contributed by atoms with Gasteiger partial charge in [0.2, 0.25) is 0 Å². The van der Waals surface area contributed by atoms with Crippen LogP contribution in [0.5, 0.6) is 0 Å². The minimum Gasteiger partial charge on any atom is -0.369 e. The Morgan fingerprint density at radius 3 is 2.54 bits per heavy atom. The summed E-state index contributed by atoms with van der Waals surface area (Å²) in [6.45, 7) is 8.28. The highest BCUT2D eigenvalue weighted by atomic mass is 16.2. The highest BCUT2D eigenvalue weighted by molar-refractivity contribution is 5.93. The van der Waals surface area contributed by atoms with E-state index >= 15 is 0 Å². The quantitative estimate of drug-likeness (QED) is 0.856. The van der Waals surface area contributed by atoms with Crippen molar-refractivity contribution in [2.24, 2.45) is 0 Å². The Morgan fingerprint density at radius 1 is 1.19 bits per heavy atom. The fraction of sp³-hybridized carbons (Fsp3) is 0.400. The van der Waals surface area contributed by atoms with E-state index in [0.717, 1.165) is 31.9 Å². The third-order valence-electron chi connectivity index (χ3n) is 4.92. The van der Waals surface area contributed by atoms with Crippen LogP contribution in [0, 0.1) is 6.92 Å². The van der Waals surface area contributed by atoms with Crippen molar-refractivity contribution < 1.29 is 4.79 Å². The molecule has 1 aromatic heterocycles. The minimum absolute atomic E-state index is 0.164. The maximum Gasteiger partial charge on any atom is 0.256 e. The Hall–Kier alpha value is -2.60. The molecule has 0 saturated carbocycles. The molecule has 1 atom stereocenters. The van der Waals surface area contributed by atoms with Crippen molar-refractivity contribution in [3.05, 3.63) is 64.1 Å². The van der Waals surface area contributed by atoms with Crippen LogP contribution in [0.3, 0.4) is 0 Å². The molecule has 6 heteroatoms. The predicted octanol–water partition coefficient (Wildman–Crippen LogP) is 1.62. The maximum atomic E-state index is 12.2. The number of anilines is 1. The van der Waals surface area contributed by atoms with E-state index in [2.05, 4.69) is 51.3 Å². The fourth-order valence-electron chi connectivity index (χ4n) is 3.28. The Balaban J connectivity index is 1.49. The molecule has 26 heavy (non-hydrogen) atoms. The highest BCUT2D eigenvalue weighted by Gasteiger charge is 2.22. The zero-order chi connectivity index (χ0) is 18.5. The van der Waals surface area contributed by atoms with Gasteiger partial charge in [0, 0.05) is 62.4 Å². The number of nitrogens with zero attached hydrogens (tertiary/aromatic N) is 2. The van der Waals surface area contributed by atoms with Crippen molar-refractivity contribution in [2.45, 2.75) is 19.9 Å². The van der Waals surface area contributed by atoms with Crippen LogP contribution in [0.4, 0.5) is 5.69 Å². The van der Waals surface area contributed by atoms with Crippen molar-refractivity contribution >= 4 is 11.6 Å². The van der Waals surface area contributed by atoms with Crippen LogP contribution < -0.4 is 15.6 Å². The van der Waals surface area contributed by atoms with Gasteiger partial charge in [-0.15, -0.1) is 0 Å². The van der Waals surface area contributed by atoms with Gasteiger partial charge < -0.3 is 15.2 Å². The van der Waals surface area contributed by atoms with Crippen molar-refractivity contribution in [1.82, 2.24) is 15.2 Å². The predicted molar refractivity (Wildman–Crippen MR) is 104 cm³/mol. The number of hydrogen-bond donors (Lipinski definition) is 2. The van der Waals surface area contributed by atoms with Gasteiger partial charge in [0.15, 0.2) is 5.43 Å². The highest BCUT2D eigenvalue weighted by Crippen LogP contribution is 2.16. The van der Waals surface area contributed by atoms with Gasteiger partial charge in [0.1, 0.15) is 5.56 Å². The molecule has 1 aliphatic rings. The number of piperazine rings is 1. The maximum absolute atomic E-state index is 12.2. The molecule has 0 unspecified atom stereocenters. The summed E-state index contributed by atoms with van der Waals surface area (Å²) in [5, 5.41) is 2.88. The number of hydrogen-bond acceptors (Lipinski definition) is 4. The van der Waals surface area contributed by atoms with Crippen LogP contribution in [-0.2, 0) is 0 Å². The molecule has 1 fully saturated rings. The molecule has 138 valence electrons. The topological polar surface area (TPSA) is 68.4 Å². The Morgan fingerprint density at radius 2 is 1.88 bits per heavy atom. The van der Waals surface area contributed by atoms with E-state index < -0.39 is 0 Å². The molecule has 0 spiro atoms. The van der Waals surface area contributed by atoms with Gasteiger partial charge >= 0.3 is 0 Å². The summed E-state index contributed by atoms with van der Waals surface area (Å²) in [4.78, 5) is 31.8. The van der Waals surface area contributed by atoms with Gasteiger partial charge in [0.05, 0.1) is 0 Å². The third-order valence-corrected chi connectivity index (χ3v) is 4.92. The molecule has 3 rings (SSSR count). The van der Waals surface area contributed by atoms with Crippen molar-refractivity contribution in [2.75, 3.05) is 37.6 Å². The molecule has 1 saturated heterocycles. The Labute approximate surface area is 153 Å². The van der Waals surface area contributed by atoms with Gasteiger partial charge in [-0.25, -0.2) is 0 Å². The molecular weight excluding hydrogens is 328 g/mol. The normalized spacial score (nSPS) is 16.3. The number of amides is 1. The number of carbonyl (C=O) groups is 1. The number of rotatable bonds is 5. The fourth-order valence-corrected chi connectivity index (χ4v) is 3.28. The van der Waals surface area contributed by atoms with E-state index in [4.69, 9.17) is 0 Å². The van der Waals surface area contributed by atoms with Gasteiger partial charge in [-0.05, 0) is 26.0 Å². The van der Waals surface area contributed by atoms with Crippen LogP contribution in [0.15, 0.2) is 47.4 Å². The first-order chi connectivity index (χ1) is 12.5. The average Bonchev–Trinajstić information content (AvgIpc) is 2.66. The van der Waals surface area contributed by atoms with E-state index in [0.29, 0.717) is 6.54 Å². The van der Waals surface area contributed by atoms with Crippen molar-refractivity contribution in [3.8, 4) is 0 Å². The molecule has 0 aliphatic carbocycles. The van der Waals surface area contributed by atoms with Crippen molar-refractivity contribution in [1.29, 1.82) is 0 Å². The molecule has 1 aromatic carbocycles. The SMILES string of the molecule is Cc1cc(=O)c(C(=O)NC[C@@H](C)N2CCN(c3ccccc3)CC2)c[nH]1. The number of pyridine rings is 1. The van der Waals surface area contributed by atoms with E-state index in [1.807, 2.05) is 6.07 Å². The molecular formula is C20H26N4O2. The van der Waals surface area contributed by atoms with E-state index in [9.17, 15) is 9.59 Å². The lowest BCUT2D eigenvalue weighted by Crippen LogP contribution is -2.52. The summed E-state index contributed by atoms with van der Waals surface area (Å²) in [6, 6.07) is 12.1. The van der Waals surface area contributed by atoms with Crippen LogP contribution in [-0.4, -0.2) is 54.6 Å².